The third-order valence-electron chi connectivity index (χ3n) is 6.46. The Hall–Kier alpha value is -2.84. The average molecular weight is 433 g/mol. The van der Waals surface area contributed by atoms with Gasteiger partial charge in [0.05, 0.1) is 0 Å². The van der Waals surface area contributed by atoms with Crippen molar-refractivity contribution in [2.75, 3.05) is 6.54 Å². The Kier molecular flexibility index (Phi) is 5.77. The van der Waals surface area contributed by atoms with Gasteiger partial charge in [0.25, 0.3) is 11.8 Å². The van der Waals surface area contributed by atoms with Crippen LogP contribution in [0.1, 0.15) is 71.2 Å². The van der Waals surface area contributed by atoms with E-state index in [0.29, 0.717) is 42.5 Å². The van der Waals surface area contributed by atoms with Gasteiger partial charge in [-0.25, -0.2) is 8.78 Å². The summed E-state index contributed by atoms with van der Waals surface area (Å²) in [6.45, 7) is 0.616. The van der Waals surface area contributed by atoms with Gasteiger partial charge in [0, 0.05) is 43.5 Å². The summed E-state index contributed by atoms with van der Waals surface area (Å²) in [6, 6.07) is 4.11. The smallest absolute Gasteiger partial charge is 0.255 e. The molecule has 1 unspecified atom stereocenters. The zero-order valence-corrected chi connectivity index (χ0v) is 17.1. The number of nitrogens with one attached hydrogen (secondary N) is 2. The van der Waals surface area contributed by atoms with Crippen molar-refractivity contribution in [3.8, 4) is 0 Å². The molecular weight excluding hydrogens is 408 g/mol. The maximum absolute atomic E-state index is 13.2. The van der Waals surface area contributed by atoms with Gasteiger partial charge in [-0.05, 0) is 55.4 Å². The lowest BCUT2D eigenvalue weighted by molar-refractivity contribution is -0.136. The summed E-state index contributed by atoms with van der Waals surface area (Å²) in [5.41, 5.74) is 1.52. The highest BCUT2D eigenvalue weighted by Crippen LogP contribution is 2.37. The standard InChI is InChI=1S/C22H25F2N3O4/c23-22(24)8-5-13(6-9-22)7-10-25-19(29)14-1-2-16-15(11-14)12-27(21(16)31)17-3-4-18(28)26-20(17)30/h1-2,11,13,17H,3-10,12H2,(H,25,29)(H,26,28,30). The van der Waals surface area contributed by atoms with Crippen LogP contribution >= 0.6 is 0 Å². The molecule has 2 aliphatic heterocycles. The number of piperidine rings is 1. The molecule has 7 nitrogen and oxygen atoms in total. The highest BCUT2D eigenvalue weighted by Gasteiger charge is 2.39. The van der Waals surface area contributed by atoms with E-state index in [4.69, 9.17) is 0 Å². The summed E-state index contributed by atoms with van der Waals surface area (Å²) >= 11 is 0. The molecule has 166 valence electrons. The molecule has 1 saturated heterocycles. The van der Waals surface area contributed by atoms with Crippen LogP contribution < -0.4 is 10.6 Å². The third-order valence-corrected chi connectivity index (χ3v) is 6.46. The Morgan fingerprint density at radius 3 is 2.61 bits per heavy atom. The zero-order valence-electron chi connectivity index (χ0n) is 17.1. The van der Waals surface area contributed by atoms with Crippen molar-refractivity contribution in [2.45, 2.75) is 63.5 Å². The van der Waals surface area contributed by atoms with Crippen LogP contribution in [-0.2, 0) is 16.1 Å². The number of rotatable bonds is 5. The molecule has 1 aromatic carbocycles. The van der Waals surface area contributed by atoms with Gasteiger partial charge in [-0.3, -0.25) is 24.5 Å². The fourth-order valence-corrected chi connectivity index (χ4v) is 4.60. The van der Waals surface area contributed by atoms with Crippen LogP contribution in [0.3, 0.4) is 0 Å². The van der Waals surface area contributed by atoms with E-state index in [0.717, 1.165) is 0 Å². The van der Waals surface area contributed by atoms with Crippen LogP contribution in [0.15, 0.2) is 18.2 Å². The van der Waals surface area contributed by atoms with Crippen molar-refractivity contribution in [1.29, 1.82) is 0 Å². The fourth-order valence-electron chi connectivity index (χ4n) is 4.60. The Bertz CT molecular complexity index is 923. The number of amides is 4. The second kappa shape index (κ2) is 8.36. The molecule has 0 spiro atoms. The van der Waals surface area contributed by atoms with Gasteiger partial charge in [-0.2, -0.15) is 0 Å². The largest absolute Gasteiger partial charge is 0.352 e. The van der Waals surface area contributed by atoms with Gasteiger partial charge in [0.15, 0.2) is 0 Å². The highest BCUT2D eigenvalue weighted by atomic mass is 19.3. The molecule has 9 heteroatoms. The van der Waals surface area contributed by atoms with E-state index in [1.54, 1.807) is 18.2 Å². The molecule has 0 aromatic heterocycles. The van der Waals surface area contributed by atoms with Crippen LogP contribution in [0.5, 0.6) is 0 Å². The summed E-state index contributed by atoms with van der Waals surface area (Å²) in [7, 11) is 0. The molecule has 3 aliphatic rings. The number of halogens is 2. The number of fused-ring (bicyclic) bond motifs is 1. The molecular formula is C22H25F2N3O4. The summed E-state index contributed by atoms with van der Waals surface area (Å²) in [4.78, 5) is 50.1. The molecule has 0 bridgehead atoms. The Morgan fingerprint density at radius 2 is 1.90 bits per heavy atom. The van der Waals surface area contributed by atoms with Gasteiger partial charge >= 0.3 is 0 Å². The topological polar surface area (TPSA) is 95.6 Å². The molecule has 1 aromatic rings. The van der Waals surface area contributed by atoms with Crippen molar-refractivity contribution in [3.05, 3.63) is 34.9 Å². The Balaban J connectivity index is 1.33. The van der Waals surface area contributed by atoms with Crippen molar-refractivity contribution < 1.29 is 28.0 Å². The normalized spacial score (nSPS) is 23.5. The van der Waals surface area contributed by atoms with E-state index >= 15 is 0 Å². The Morgan fingerprint density at radius 1 is 1.16 bits per heavy atom. The molecule has 1 aliphatic carbocycles. The second-order valence-corrected chi connectivity index (χ2v) is 8.62. The van der Waals surface area contributed by atoms with Crippen LogP contribution in [0.4, 0.5) is 8.78 Å². The van der Waals surface area contributed by atoms with Crippen molar-refractivity contribution in [2.24, 2.45) is 5.92 Å². The summed E-state index contributed by atoms with van der Waals surface area (Å²) < 4.78 is 26.5. The summed E-state index contributed by atoms with van der Waals surface area (Å²) in [6.07, 6.45) is 1.89. The van der Waals surface area contributed by atoms with Gasteiger partial charge in [0.1, 0.15) is 6.04 Å². The summed E-state index contributed by atoms with van der Waals surface area (Å²) in [5, 5.41) is 5.09. The zero-order chi connectivity index (χ0) is 22.2. The molecule has 4 rings (SSSR count). The van der Waals surface area contributed by atoms with Crippen LogP contribution in [0.2, 0.25) is 0 Å². The number of hydrogen-bond donors (Lipinski definition) is 2. The van der Waals surface area contributed by atoms with Crippen molar-refractivity contribution in [1.82, 2.24) is 15.5 Å². The summed E-state index contributed by atoms with van der Waals surface area (Å²) in [5.74, 6) is -3.74. The molecule has 0 radical (unpaired) electrons. The van der Waals surface area contributed by atoms with Crippen LogP contribution in [0, 0.1) is 5.92 Å². The predicted molar refractivity (Wildman–Crippen MR) is 106 cm³/mol. The van der Waals surface area contributed by atoms with E-state index in [2.05, 4.69) is 10.6 Å². The molecule has 2 fully saturated rings. The first kappa shape index (κ1) is 21.4. The average Bonchev–Trinajstić information content (AvgIpc) is 3.05. The SMILES string of the molecule is O=C1CCC(N2Cc3cc(C(=O)NCCC4CCC(F)(F)CC4)ccc3C2=O)C(=O)N1. The van der Waals surface area contributed by atoms with Gasteiger partial charge in [0.2, 0.25) is 17.7 Å². The third kappa shape index (κ3) is 4.60. The van der Waals surface area contributed by atoms with Crippen molar-refractivity contribution in [3.63, 3.8) is 0 Å². The van der Waals surface area contributed by atoms with E-state index in [1.165, 1.54) is 4.90 Å². The lowest BCUT2D eigenvalue weighted by Gasteiger charge is -2.29. The molecule has 1 atom stereocenters. The minimum atomic E-state index is -2.55. The first-order valence-corrected chi connectivity index (χ1v) is 10.7. The number of carbonyl (C=O) groups is 4. The lowest BCUT2D eigenvalue weighted by atomic mass is 9.85. The molecule has 4 amide bonds. The first-order valence-electron chi connectivity index (χ1n) is 10.7. The van der Waals surface area contributed by atoms with Gasteiger partial charge in [-0.15, -0.1) is 0 Å². The van der Waals surface area contributed by atoms with E-state index < -0.39 is 17.9 Å². The first-order chi connectivity index (χ1) is 14.7. The predicted octanol–water partition coefficient (Wildman–Crippen LogP) is 2.39. The quantitative estimate of drug-likeness (QED) is 0.697. The van der Waals surface area contributed by atoms with Crippen molar-refractivity contribution >= 4 is 23.6 Å². The number of nitrogens with zero attached hydrogens (tertiary/aromatic N) is 1. The number of benzene rings is 1. The van der Waals surface area contributed by atoms with E-state index in [1.807, 2.05) is 0 Å². The minimum Gasteiger partial charge on any atom is -0.352 e. The molecule has 2 N–H and O–H groups in total. The van der Waals surface area contributed by atoms with Crippen LogP contribution in [0.25, 0.3) is 0 Å². The Labute approximate surface area is 178 Å². The maximum Gasteiger partial charge on any atom is 0.255 e. The minimum absolute atomic E-state index is 0.0891. The number of carbonyl (C=O) groups excluding carboxylic acids is 4. The van der Waals surface area contributed by atoms with Crippen LogP contribution in [-0.4, -0.2) is 47.0 Å². The van der Waals surface area contributed by atoms with Gasteiger partial charge < -0.3 is 10.2 Å². The van der Waals surface area contributed by atoms with E-state index in [-0.39, 0.29) is 55.9 Å². The molecule has 31 heavy (non-hydrogen) atoms. The number of alkyl halides is 2. The fraction of sp³-hybridized carbons (Fsp3) is 0.545. The molecule has 2 heterocycles. The lowest BCUT2D eigenvalue weighted by Crippen LogP contribution is -2.52. The number of imide groups is 1. The molecule has 1 saturated carbocycles. The monoisotopic (exact) mass is 433 g/mol. The number of hydrogen-bond acceptors (Lipinski definition) is 4. The van der Waals surface area contributed by atoms with E-state index in [9.17, 15) is 28.0 Å². The maximum atomic E-state index is 13.2. The highest BCUT2D eigenvalue weighted by molar-refractivity contribution is 6.06. The second-order valence-electron chi connectivity index (χ2n) is 8.62. The van der Waals surface area contributed by atoms with Gasteiger partial charge in [-0.1, -0.05) is 0 Å².